The third-order valence-corrected chi connectivity index (χ3v) is 6.01. The van der Waals surface area contributed by atoms with Gasteiger partial charge in [-0.25, -0.2) is 0 Å². The summed E-state index contributed by atoms with van der Waals surface area (Å²) in [6.45, 7) is 2.11. The molecule has 3 atom stereocenters. The Morgan fingerprint density at radius 3 is 2.62 bits per heavy atom. The zero-order valence-corrected chi connectivity index (χ0v) is 12.8. The molecule has 1 saturated carbocycles. The smallest absolute Gasteiger partial charge is 0.398 e. The van der Waals surface area contributed by atoms with E-state index in [2.05, 4.69) is 6.92 Å². The molecular formula is C15H20F3NOS. The number of hydrogen-bond donors (Lipinski definition) is 1. The Bertz CT molecular complexity index is 530. The maximum atomic E-state index is 12.6. The molecule has 0 radical (unpaired) electrons. The van der Waals surface area contributed by atoms with Gasteiger partial charge in [-0.1, -0.05) is 26.2 Å². The number of hydrogen-bond acceptors (Lipinski definition) is 2. The summed E-state index contributed by atoms with van der Waals surface area (Å²) in [7, 11) is -1.33. The van der Waals surface area contributed by atoms with E-state index in [9.17, 15) is 17.4 Å². The van der Waals surface area contributed by atoms with Crippen molar-refractivity contribution in [2.75, 3.05) is 5.73 Å². The van der Waals surface area contributed by atoms with Crippen molar-refractivity contribution in [3.05, 3.63) is 23.8 Å². The lowest BCUT2D eigenvalue weighted by atomic mass is 9.87. The van der Waals surface area contributed by atoms with Gasteiger partial charge in [0.15, 0.2) is 0 Å². The lowest BCUT2D eigenvalue weighted by molar-refractivity contribution is -0.137. The van der Waals surface area contributed by atoms with Crippen LogP contribution in [0.25, 0.3) is 0 Å². The summed E-state index contributed by atoms with van der Waals surface area (Å²) in [5.74, 6) is 0.559. The molecule has 0 saturated heterocycles. The van der Waals surface area contributed by atoms with Crippen LogP contribution in [0.1, 0.15) is 44.6 Å². The summed E-state index contributed by atoms with van der Waals surface area (Å²) in [5, 5.41) is 0.00253. The van der Waals surface area contributed by atoms with Crippen molar-refractivity contribution >= 4 is 16.5 Å². The molecule has 2 N–H and O–H groups in total. The van der Waals surface area contributed by atoms with Crippen LogP contribution in [-0.4, -0.2) is 9.46 Å². The van der Waals surface area contributed by atoms with Gasteiger partial charge in [0.05, 0.1) is 21.3 Å². The molecule has 0 aliphatic heterocycles. The number of rotatable bonds is 3. The average molecular weight is 319 g/mol. The molecule has 0 bridgehead atoms. The first kappa shape index (κ1) is 16.3. The van der Waals surface area contributed by atoms with E-state index in [0.29, 0.717) is 10.8 Å². The number of anilines is 1. The fourth-order valence-electron chi connectivity index (χ4n) is 2.89. The van der Waals surface area contributed by atoms with Crippen molar-refractivity contribution in [3.8, 4) is 0 Å². The molecule has 3 unspecified atom stereocenters. The summed E-state index contributed by atoms with van der Waals surface area (Å²) in [6, 6.07) is 3.11. The highest BCUT2D eigenvalue weighted by Gasteiger charge is 2.32. The highest BCUT2D eigenvalue weighted by Crippen LogP contribution is 2.35. The molecule has 0 aromatic heterocycles. The Morgan fingerprint density at radius 1 is 1.33 bits per heavy atom. The van der Waals surface area contributed by atoms with E-state index in [0.717, 1.165) is 44.2 Å². The average Bonchev–Trinajstić information content (AvgIpc) is 2.45. The van der Waals surface area contributed by atoms with Crippen molar-refractivity contribution in [2.45, 2.75) is 55.3 Å². The molecule has 1 aliphatic carbocycles. The predicted molar refractivity (Wildman–Crippen MR) is 78.3 cm³/mol. The summed E-state index contributed by atoms with van der Waals surface area (Å²) in [6.07, 6.45) is 0.512. The maximum absolute atomic E-state index is 12.6. The summed E-state index contributed by atoms with van der Waals surface area (Å²) < 4.78 is 50.5. The molecule has 6 heteroatoms. The van der Waals surface area contributed by atoms with Gasteiger partial charge in [-0.3, -0.25) is 4.21 Å². The Labute approximate surface area is 125 Å². The van der Waals surface area contributed by atoms with E-state index in [1.54, 1.807) is 0 Å². The van der Waals surface area contributed by atoms with Crippen molar-refractivity contribution in [1.29, 1.82) is 0 Å². The van der Waals surface area contributed by atoms with Crippen LogP contribution in [0.5, 0.6) is 0 Å². The third kappa shape index (κ3) is 3.78. The minimum absolute atomic E-state index is 0.00253. The van der Waals surface area contributed by atoms with Gasteiger partial charge < -0.3 is 5.73 Å². The minimum Gasteiger partial charge on any atom is -0.398 e. The summed E-state index contributed by atoms with van der Waals surface area (Å²) in [5.41, 5.74) is 4.88. The van der Waals surface area contributed by atoms with Crippen LogP contribution in [0.4, 0.5) is 18.9 Å². The molecule has 1 aromatic carbocycles. The summed E-state index contributed by atoms with van der Waals surface area (Å²) in [4.78, 5) is 0.338. The van der Waals surface area contributed by atoms with Gasteiger partial charge in [0.25, 0.3) is 0 Å². The number of halogens is 3. The second-order valence-corrected chi connectivity index (χ2v) is 7.31. The highest BCUT2D eigenvalue weighted by molar-refractivity contribution is 7.85. The van der Waals surface area contributed by atoms with Crippen LogP contribution in [0.3, 0.4) is 0 Å². The van der Waals surface area contributed by atoms with E-state index >= 15 is 0 Å². The van der Waals surface area contributed by atoms with Crippen LogP contribution in [0.2, 0.25) is 0 Å². The Morgan fingerprint density at radius 2 is 2.05 bits per heavy atom. The van der Waals surface area contributed by atoms with E-state index in [-0.39, 0.29) is 10.9 Å². The Kier molecular flexibility index (Phi) is 4.96. The lowest BCUT2D eigenvalue weighted by Gasteiger charge is -2.28. The zero-order valence-electron chi connectivity index (χ0n) is 12.0. The normalized spacial score (nSPS) is 24.8. The minimum atomic E-state index is -4.42. The van der Waals surface area contributed by atoms with Crippen LogP contribution in [-0.2, 0) is 17.0 Å². The van der Waals surface area contributed by atoms with Crippen LogP contribution < -0.4 is 5.73 Å². The molecule has 118 valence electrons. The highest BCUT2D eigenvalue weighted by atomic mass is 32.2. The molecule has 1 aliphatic rings. The summed E-state index contributed by atoms with van der Waals surface area (Å²) >= 11 is 0. The van der Waals surface area contributed by atoms with Gasteiger partial charge in [0.2, 0.25) is 0 Å². The Hall–Kier alpha value is -1.04. The van der Waals surface area contributed by atoms with Crippen molar-refractivity contribution in [2.24, 2.45) is 5.92 Å². The van der Waals surface area contributed by atoms with Crippen molar-refractivity contribution in [3.63, 3.8) is 0 Å². The van der Waals surface area contributed by atoms with Gasteiger partial charge in [0.1, 0.15) is 0 Å². The first-order valence-corrected chi connectivity index (χ1v) is 8.41. The number of alkyl halides is 3. The number of benzene rings is 1. The third-order valence-electron chi connectivity index (χ3n) is 4.17. The quantitative estimate of drug-likeness (QED) is 0.841. The SMILES string of the molecule is CCC1CCCC(S(=O)c2ccc(C(F)(F)F)cc2N)C1. The van der Waals surface area contributed by atoms with Gasteiger partial charge in [-0.2, -0.15) is 13.2 Å². The Balaban J connectivity index is 2.20. The van der Waals surface area contributed by atoms with Gasteiger partial charge >= 0.3 is 6.18 Å². The van der Waals surface area contributed by atoms with Gasteiger partial charge in [-0.05, 0) is 37.0 Å². The fraction of sp³-hybridized carbons (Fsp3) is 0.600. The number of nitrogens with two attached hydrogens (primary N) is 1. The molecular weight excluding hydrogens is 299 g/mol. The molecule has 0 heterocycles. The first-order valence-electron chi connectivity index (χ1n) is 7.20. The standard InChI is InChI=1S/C15H20F3NOS/c1-2-10-4-3-5-12(8-10)21(20)14-7-6-11(9-13(14)19)15(16,17)18/h6-7,9-10,12H,2-5,8,19H2,1H3. The molecule has 1 aromatic rings. The topological polar surface area (TPSA) is 43.1 Å². The van der Waals surface area contributed by atoms with Crippen LogP contribution in [0.15, 0.2) is 23.1 Å². The van der Waals surface area contributed by atoms with E-state index in [1.807, 2.05) is 0 Å². The lowest BCUT2D eigenvalue weighted by Crippen LogP contribution is -2.24. The molecule has 2 rings (SSSR count). The second kappa shape index (κ2) is 6.38. The largest absolute Gasteiger partial charge is 0.416 e. The molecule has 21 heavy (non-hydrogen) atoms. The van der Waals surface area contributed by atoms with Crippen molar-refractivity contribution < 1.29 is 17.4 Å². The maximum Gasteiger partial charge on any atom is 0.416 e. The zero-order chi connectivity index (χ0) is 15.6. The second-order valence-electron chi connectivity index (χ2n) is 5.61. The van der Waals surface area contributed by atoms with Gasteiger partial charge in [0, 0.05) is 10.9 Å². The molecule has 0 spiro atoms. The first-order chi connectivity index (χ1) is 9.82. The van der Waals surface area contributed by atoms with E-state index in [1.165, 1.54) is 6.07 Å². The predicted octanol–water partition coefficient (Wildman–Crippen LogP) is 4.36. The molecule has 2 nitrogen and oxygen atoms in total. The van der Waals surface area contributed by atoms with E-state index < -0.39 is 22.5 Å². The monoisotopic (exact) mass is 319 g/mol. The fourth-order valence-corrected chi connectivity index (χ4v) is 4.57. The molecule has 1 fully saturated rings. The molecule has 0 amide bonds. The van der Waals surface area contributed by atoms with Crippen LogP contribution in [0, 0.1) is 5.92 Å². The van der Waals surface area contributed by atoms with Gasteiger partial charge in [-0.15, -0.1) is 0 Å². The van der Waals surface area contributed by atoms with E-state index in [4.69, 9.17) is 5.73 Å². The van der Waals surface area contributed by atoms with Crippen molar-refractivity contribution in [1.82, 2.24) is 0 Å². The van der Waals surface area contributed by atoms with Crippen LogP contribution >= 0.6 is 0 Å². The number of nitrogen functional groups attached to an aromatic ring is 1.